The van der Waals surface area contributed by atoms with E-state index in [1.54, 1.807) is 17.1 Å². The first-order chi connectivity index (χ1) is 20.5. The number of pyridine rings is 2. The van der Waals surface area contributed by atoms with Crippen molar-refractivity contribution in [2.24, 2.45) is 5.92 Å². The van der Waals surface area contributed by atoms with E-state index in [0.717, 1.165) is 54.8 Å². The zero-order valence-corrected chi connectivity index (χ0v) is 23.5. The highest BCUT2D eigenvalue weighted by Gasteiger charge is 2.32. The van der Waals surface area contributed by atoms with Crippen molar-refractivity contribution in [3.8, 4) is 22.9 Å². The highest BCUT2D eigenvalue weighted by molar-refractivity contribution is 5.87. The number of piperidine rings is 1. The van der Waals surface area contributed by atoms with Crippen molar-refractivity contribution in [1.29, 1.82) is 0 Å². The van der Waals surface area contributed by atoms with Crippen LogP contribution in [0.4, 0.5) is 5.82 Å². The van der Waals surface area contributed by atoms with Crippen LogP contribution < -0.4 is 11.1 Å². The normalized spacial score (nSPS) is 20.1. The van der Waals surface area contributed by atoms with Crippen LogP contribution in [-0.2, 0) is 11.2 Å². The Kier molecular flexibility index (Phi) is 6.54. The zero-order chi connectivity index (χ0) is 28.8. The number of imidazole rings is 1. The van der Waals surface area contributed by atoms with Crippen LogP contribution in [-0.4, -0.2) is 59.2 Å². The van der Waals surface area contributed by atoms with Gasteiger partial charge < -0.3 is 16.0 Å². The predicted molar refractivity (Wildman–Crippen MR) is 162 cm³/mol. The summed E-state index contributed by atoms with van der Waals surface area (Å²) in [6, 6.07) is 16.8. The van der Waals surface area contributed by atoms with E-state index in [2.05, 4.69) is 51.7 Å². The molecule has 1 aliphatic heterocycles. The lowest BCUT2D eigenvalue weighted by Gasteiger charge is -2.38. The van der Waals surface area contributed by atoms with Gasteiger partial charge in [-0.05, 0) is 84.8 Å². The van der Waals surface area contributed by atoms with E-state index >= 15 is 0 Å². The van der Waals surface area contributed by atoms with Gasteiger partial charge in [-0.2, -0.15) is 5.10 Å². The van der Waals surface area contributed by atoms with Gasteiger partial charge in [0.15, 0.2) is 17.3 Å². The van der Waals surface area contributed by atoms with Crippen LogP contribution in [0.25, 0.3) is 34.1 Å². The van der Waals surface area contributed by atoms with E-state index in [1.165, 1.54) is 17.2 Å². The Bertz CT molecular complexity index is 1790. The van der Waals surface area contributed by atoms with Gasteiger partial charge in [-0.1, -0.05) is 19.6 Å². The number of hydrogen-bond donors (Lipinski definition) is 2. The molecule has 4 aromatic heterocycles. The van der Waals surface area contributed by atoms with E-state index in [4.69, 9.17) is 15.7 Å². The van der Waals surface area contributed by atoms with Gasteiger partial charge >= 0.3 is 0 Å². The molecule has 3 N–H and O–H groups in total. The van der Waals surface area contributed by atoms with Crippen LogP contribution in [0.5, 0.6) is 0 Å². The summed E-state index contributed by atoms with van der Waals surface area (Å²) in [6.07, 6.45) is 9.66. The third-order valence-electron chi connectivity index (χ3n) is 8.58. The van der Waals surface area contributed by atoms with Crippen molar-refractivity contribution in [2.75, 3.05) is 18.8 Å². The molecule has 1 fully saturated rings. The molecule has 0 spiro atoms. The summed E-state index contributed by atoms with van der Waals surface area (Å²) in [4.78, 5) is 28.3. The average Bonchev–Trinajstić information content (AvgIpc) is 3.76. The first-order valence-corrected chi connectivity index (χ1v) is 14.4. The lowest BCUT2D eigenvalue weighted by atomic mass is 9.92. The van der Waals surface area contributed by atoms with Gasteiger partial charge in [0.2, 0.25) is 5.91 Å². The molecule has 0 saturated carbocycles. The molecule has 10 nitrogen and oxygen atoms in total. The van der Waals surface area contributed by atoms with Gasteiger partial charge in [0.05, 0.1) is 5.56 Å². The van der Waals surface area contributed by atoms with Crippen molar-refractivity contribution < 1.29 is 4.79 Å². The molecule has 5 heterocycles. The van der Waals surface area contributed by atoms with Crippen molar-refractivity contribution in [1.82, 2.24) is 39.5 Å². The van der Waals surface area contributed by atoms with Gasteiger partial charge in [0.25, 0.3) is 0 Å². The van der Waals surface area contributed by atoms with Crippen LogP contribution in [0, 0.1) is 5.92 Å². The van der Waals surface area contributed by atoms with Gasteiger partial charge in [-0.25, -0.2) is 19.6 Å². The van der Waals surface area contributed by atoms with Crippen LogP contribution in [0.2, 0.25) is 0 Å². The third kappa shape index (κ3) is 4.53. The lowest BCUT2D eigenvalue weighted by molar-refractivity contribution is -0.128. The number of hydrogen-bond acceptors (Lipinski definition) is 7. The summed E-state index contributed by atoms with van der Waals surface area (Å²) in [5.74, 6) is 2.21. The quantitative estimate of drug-likeness (QED) is 0.299. The smallest absolute Gasteiger partial charge is 0.245 e. The topological polar surface area (TPSA) is 120 Å². The number of rotatable bonds is 6. The number of amides is 1. The SMILES string of the molecule is C=CC(=O)N1CCC(N[C@H]2CCc3cc(-n4c(-c5cccnc5N)nc5ccc(-n6cccn6)nc54)ccc32)C(C)C1. The van der Waals surface area contributed by atoms with Gasteiger partial charge in [0.1, 0.15) is 11.3 Å². The van der Waals surface area contributed by atoms with Gasteiger partial charge in [-0.15, -0.1) is 0 Å². The van der Waals surface area contributed by atoms with Crippen molar-refractivity contribution >= 4 is 22.9 Å². The average molecular weight is 560 g/mol. The highest BCUT2D eigenvalue weighted by atomic mass is 16.2. The first-order valence-electron chi connectivity index (χ1n) is 14.4. The van der Waals surface area contributed by atoms with E-state index in [9.17, 15) is 4.79 Å². The number of anilines is 1. The molecule has 2 unspecified atom stereocenters. The molecule has 1 aromatic carbocycles. The van der Waals surface area contributed by atoms with E-state index in [-0.39, 0.29) is 11.9 Å². The number of nitrogens with zero attached hydrogens (tertiary/aromatic N) is 7. The highest BCUT2D eigenvalue weighted by Crippen LogP contribution is 2.37. The van der Waals surface area contributed by atoms with Crippen LogP contribution in [0.15, 0.2) is 79.8 Å². The molecule has 1 amide bonds. The molecule has 1 saturated heterocycles. The third-order valence-corrected chi connectivity index (χ3v) is 8.58. The number of nitrogens with two attached hydrogens (primary N) is 1. The number of aryl methyl sites for hydroxylation is 1. The molecule has 2 aliphatic rings. The Balaban J connectivity index is 1.24. The molecular formula is C32H33N9O. The minimum absolute atomic E-state index is 0.0182. The fourth-order valence-electron chi connectivity index (χ4n) is 6.41. The molecule has 0 radical (unpaired) electrons. The van der Waals surface area contributed by atoms with Crippen molar-refractivity contribution in [3.05, 3.63) is 90.9 Å². The molecule has 3 atom stereocenters. The van der Waals surface area contributed by atoms with Crippen LogP contribution >= 0.6 is 0 Å². The number of carbonyl (C=O) groups is 1. The zero-order valence-electron chi connectivity index (χ0n) is 23.5. The maximum Gasteiger partial charge on any atom is 0.245 e. The monoisotopic (exact) mass is 559 g/mol. The van der Waals surface area contributed by atoms with Crippen LogP contribution in [0.3, 0.4) is 0 Å². The Labute approximate surface area is 243 Å². The number of nitrogen functional groups attached to an aromatic ring is 1. The molecule has 1 aliphatic carbocycles. The second kappa shape index (κ2) is 10.5. The minimum Gasteiger partial charge on any atom is -0.383 e. The fourth-order valence-corrected chi connectivity index (χ4v) is 6.41. The number of likely N-dealkylation sites (tertiary alicyclic amines) is 1. The molecule has 0 bridgehead atoms. The Morgan fingerprint density at radius 3 is 2.81 bits per heavy atom. The maximum absolute atomic E-state index is 12.1. The largest absolute Gasteiger partial charge is 0.383 e. The standard InChI is InChI=1S/C32H33N9O/c1-3-29(42)39-17-13-25(20(2)19-39)36-26-10-7-21-18-22(8-9-23(21)26)41-31(24-6-4-14-34-30(24)33)37-27-11-12-28(38-32(27)41)40-16-5-15-35-40/h3-6,8-9,11-12,14-16,18,20,25-26,36H,1,7,10,13,17,19H2,2H3,(H2,33,34)/t20?,25?,26-/m0/s1. The number of fused-ring (bicyclic) bond motifs is 2. The van der Waals surface area contributed by atoms with Gasteiger partial charge in [0, 0.05) is 49.5 Å². The first kappa shape index (κ1) is 26.1. The Morgan fingerprint density at radius 1 is 1.12 bits per heavy atom. The minimum atomic E-state index is 0.0182. The van der Waals surface area contributed by atoms with Crippen LogP contribution in [0.1, 0.15) is 36.9 Å². The summed E-state index contributed by atoms with van der Waals surface area (Å²) in [5, 5.41) is 8.29. The fraction of sp³-hybridized carbons (Fsp3) is 0.281. The lowest BCUT2D eigenvalue weighted by Crippen LogP contribution is -2.50. The summed E-state index contributed by atoms with van der Waals surface area (Å²) < 4.78 is 3.82. The van der Waals surface area contributed by atoms with Crippen molar-refractivity contribution in [3.63, 3.8) is 0 Å². The molecule has 7 rings (SSSR count). The van der Waals surface area contributed by atoms with Gasteiger partial charge in [-0.3, -0.25) is 9.36 Å². The Morgan fingerprint density at radius 2 is 2.02 bits per heavy atom. The molecular weight excluding hydrogens is 526 g/mol. The summed E-state index contributed by atoms with van der Waals surface area (Å²) in [5.41, 5.74) is 12.2. The number of benzene rings is 1. The molecule has 10 heteroatoms. The molecule has 212 valence electrons. The molecule has 42 heavy (non-hydrogen) atoms. The second-order valence-corrected chi connectivity index (χ2v) is 11.2. The maximum atomic E-state index is 12.1. The van der Waals surface area contributed by atoms with E-state index < -0.39 is 0 Å². The number of aromatic nitrogens is 6. The Hall–Kier alpha value is -4.83. The molecule has 5 aromatic rings. The van der Waals surface area contributed by atoms with E-state index in [0.29, 0.717) is 29.4 Å². The number of carbonyl (C=O) groups excluding carboxylic acids is 1. The summed E-state index contributed by atoms with van der Waals surface area (Å²) >= 11 is 0. The van der Waals surface area contributed by atoms with Crippen molar-refractivity contribution in [2.45, 2.75) is 38.3 Å². The predicted octanol–water partition coefficient (Wildman–Crippen LogP) is 4.25. The summed E-state index contributed by atoms with van der Waals surface area (Å²) in [7, 11) is 0. The number of nitrogens with one attached hydrogen (secondary N) is 1. The summed E-state index contributed by atoms with van der Waals surface area (Å²) in [6.45, 7) is 7.37. The van der Waals surface area contributed by atoms with E-state index in [1.807, 2.05) is 41.4 Å². The second-order valence-electron chi connectivity index (χ2n) is 11.2.